The molecule has 3 aromatic rings. The first-order valence-corrected chi connectivity index (χ1v) is 6.62. The van der Waals surface area contributed by atoms with Gasteiger partial charge in [0.1, 0.15) is 0 Å². The van der Waals surface area contributed by atoms with Crippen LogP contribution in [0.4, 0.5) is 14.5 Å². The van der Waals surface area contributed by atoms with Crippen molar-refractivity contribution < 1.29 is 13.9 Å². The Kier molecular flexibility index (Phi) is 2.38. The molecule has 0 amide bonds. The zero-order chi connectivity index (χ0) is 14.6. The van der Waals surface area contributed by atoms with Crippen LogP contribution in [0.3, 0.4) is 0 Å². The molecule has 2 heterocycles. The molecule has 1 aromatic heterocycles. The highest BCUT2D eigenvalue weighted by atomic mass is 19.2. The maximum absolute atomic E-state index is 13.8. The second kappa shape index (κ2) is 4.05. The molecule has 1 aliphatic rings. The van der Waals surface area contributed by atoms with Crippen molar-refractivity contribution >= 4 is 16.6 Å². The number of benzene rings is 2. The van der Waals surface area contributed by atoms with Gasteiger partial charge >= 0.3 is 0 Å². The van der Waals surface area contributed by atoms with E-state index >= 15 is 0 Å². The predicted octanol–water partition coefficient (Wildman–Crippen LogP) is 3.26. The fourth-order valence-corrected chi connectivity index (χ4v) is 2.98. The van der Waals surface area contributed by atoms with Gasteiger partial charge in [-0.1, -0.05) is 24.3 Å². The SMILES string of the molecule is OC1(c2c[nH]c3ccccc23)Cc2ccc(F)c(F)c2N1. The number of aliphatic hydroxyl groups is 1. The molecule has 2 aromatic carbocycles. The first kappa shape index (κ1) is 12.3. The summed E-state index contributed by atoms with van der Waals surface area (Å²) in [5.41, 5.74) is 0.639. The summed E-state index contributed by atoms with van der Waals surface area (Å²) in [6, 6.07) is 10.1. The van der Waals surface area contributed by atoms with E-state index in [1.807, 2.05) is 24.3 Å². The molecule has 21 heavy (non-hydrogen) atoms. The molecule has 106 valence electrons. The second-order valence-corrected chi connectivity index (χ2v) is 5.31. The molecule has 5 heteroatoms. The molecule has 1 atom stereocenters. The highest BCUT2D eigenvalue weighted by Gasteiger charge is 2.40. The minimum Gasteiger partial charge on any atom is -0.367 e. The summed E-state index contributed by atoms with van der Waals surface area (Å²) in [6.07, 6.45) is 1.87. The molecule has 0 fully saturated rings. The number of halogens is 2. The lowest BCUT2D eigenvalue weighted by Gasteiger charge is -2.23. The third kappa shape index (κ3) is 1.67. The Morgan fingerprint density at radius 2 is 1.90 bits per heavy atom. The van der Waals surface area contributed by atoms with Crippen LogP contribution in [0.25, 0.3) is 10.9 Å². The van der Waals surface area contributed by atoms with E-state index in [0.29, 0.717) is 11.1 Å². The van der Waals surface area contributed by atoms with Crippen LogP contribution in [0.5, 0.6) is 0 Å². The molecule has 0 radical (unpaired) electrons. The summed E-state index contributed by atoms with van der Waals surface area (Å²) < 4.78 is 27.2. The Morgan fingerprint density at radius 1 is 1.10 bits per heavy atom. The van der Waals surface area contributed by atoms with Gasteiger partial charge < -0.3 is 15.4 Å². The molecular weight excluding hydrogens is 274 g/mol. The Bertz CT molecular complexity index is 859. The van der Waals surface area contributed by atoms with Gasteiger partial charge in [0.05, 0.1) is 5.69 Å². The smallest absolute Gasteiger partial charge is 0.182 e. The lowest BCUT2D eigenvalue weighted by atomic mass is 9.98. The van der Waals surface area contributed by atoms with Crippen molar-refractivity contribution in [3.8, 4) is 0 Å². The van der Waals surface area contributed by atoms with E-state index in [4.69, 9.17) is 0 Å². The Hall–Kier alpha value is -2.40. The molecule has 0 saturated carbocycles. The minimum atomic E-state index is -1.45. The van der Waals surface area contributed by atoms with Gasteiger partial charge in [-0.2, -0.15) is 0 Å². The quantitative estimate of drug-likeness (QED) is 0.643. The lowest BCUT2D eigenvalue weighted by Crippen LogP contribution is -2.32. The summed E-state index contributed by atoms with van der Waals surface area (Å²) >= 11 is 0. The van der Waals surface area contributed by atoms with Crippen LogP contribution in [0.15, 0.2) is 42.6 Å². The number of aromatic nitrogens is 1. The fraction of sp³-hybridized carbons (Fsp3) is 0.125. The van der Waals surface area contributed by atoms with E-state index in [-0.39, 0.29) is 12.1 Å². The van der Waals surface area contributed by atoms with Gasteiger partial charge in [0.25, 0.3) is 0 Å². The van der Waals surface area contributed by atoms with Crippen molar-refractivity contribution in [2.45, 2.75) is 12.1 Å². The normalized spacial score (nSPS) is 20.5. The Labute approximate surface area is 119 Å². The van der Waals surface area contributed by atoms with E-state index in [2.05, 4.69) is 10.3 Å². The highest BCUT2D eigenvalue weighted by Crippen LogP contribution is 2.41. The van der Waals surface area contributed by atoms with Gasteiger partial charge in [-0.05, 0) is 17.7 Å². The van der Waals surface area contributed by atoms with Crippen LogP contribution in [0.2, 0.25) is 0 Å². The standard InChI is InChI=1S/C16H12F2N2O/c17-12-6-5-9-7-16(21,20-15(9)14(12)18)11-8-19-13-4-2-1-3-10(11)13/h1-6,8,19-21H,7H2. The average molecular weight is 286 g/mol. The lowest BCUT2D eigenvalue weighted by molar-refractivity contribution is 0.0771. The number of fused-ring (bicyclic) bond motifs is 2. The number of aromatic amines is 1. The number of para-hydroxylation sites is 1. The van der Waals surface area contributed by atoms with Gasteiger partial charge in [0, 0.05) is 29.1 Å². The first-order valence-electron chi connectivity index (χ1n) is 6.62. The average Bonchev–Trinajstić information content (AvgIpc) is 3.05. The third-order valence-electron chi connectivity index (χ3n) is 3.99. The van der Waals surface area contributed by atoms with Gasteiger partial charge in [-0.15, -0.1) is 0 Å². The summed E-state index contributed by atoms with van der Waals surface area (Å²) in [5.74, 6) is -1.88. The zero-order valence-electron chi connectivity index (χ0n) is 11.0. The monoisotopic (exact) mass is 286 g/mol. The first-order chi connectivity index (χ1) is 10.1. The molecule has 0 spiro atoms. The maximum Gasteiger partial charge on any atom is 0.182 e. The summed E-state index contributed by atoms with van der Waals surface area (Å²) in [7, 11) is 0. The number of anilines is 1. The van der Waals surface area contributed by atoms with Crippen molar-refractivity contribution in [3.63, 3.8) is 0 Å². The van der Waals surface area contributed by atoms with Crippen LogP contribution < -0.4 is 5.32 Å². The summed E-state index contributed by atoms with van der Waals surface area (Å²) in [6.45, 7) is 0. The third-order valence-corrected chi connectivity index (χ3v) is 3.99. The van der Waals surface area contributed by atoms with E-state index in [0.717, 1.165) is 17.0 Å². The maximum atomic E-state index is 13.8. The molecule has 3 N–H and O–H groups in total. The Morgan fingerprint density at radius 3 is 2.76 bits per heavy atom. The zero-order valence-corrected chi connectivity index (χ0v) is 11.0. The van der Waals surface area contributed by atoms with Crippen LogP contribution in [0.1, 0.15) is 11.1 Å². The van der Waals surface area contributed by atoms with Crippen molar-refractivity contribution in [2.75, 3.05) is 5.32 Å². The number of hydrogen-bond donors (Lipinski definition) is 3. The van der Waals surface area contributed by atoms with Crippen molar-refractivity contribution in [1.82, 2.24) is 4.98 Å². The predicted molar refractivity (Wildman–Crippen MR) is 75.9 cm³/mol. The number of rotatable bonds is 1. The molecule has 3 nitrogen and oxygen atoms in total. The molecule has 1 aliphatic heterocycles. The number of H-pyrrole nitrogens is 1. The molecule has 4 rings (SSSR count). The molecular formula is C16H12F2N2O. The van der Waals surface area contributed by atoms with Gasteiger partial charge in [-0.3, -0.25) is 0 Å². The van der Waals surface area contributed by atoms with Crippen molar-refractivity contribution in [1.29, 1.82) is 0 Å². The summed E-state index contributed by atoms with van der Waals surface area (Å²) in [5, 5.41) is 14.4. The second-order valence-electron chi connectivity index (χ2n) is 5.31. The summed E-state index contributed by atoms with van der Waals surface area (Å²) in [4.78, 5) is 3.08. The van der Waals surface area contributed by atoms with Gasteiger partial charge in [0.15, 0.2) is 17.4 Å². The number of hydrogen-bond acceptors (Lipinski definition) is 2. The number of nitrogens with one attached hydrogen (secondary N) is 2. The minimum absolute atomic E-state index is 0.0304. The largest absolute Gasteiger partial charge is 0.367 e. The van der Waals surface area contributed by atoms with Crippen LogP contribution in [-0.4, -0.2) is 10.1 Å². The fourth-order valence-electron chi connectivity index (χ4n) is 2.98. The van der Waals surface area contributed by atoms with E-state index < -0.39 is 17.4 Å². The van der Waals surface area contributed by atoms with Crippen LogP contribution in [-0.2, 0) is 12.1 Å². The van der Waals surface area contributed by atoms with Gasteiger partial charge in [-0.25, -0.2) is 8.78 Å². The molecule has 1 unspecified atom stereocenters. The Balaban J connectivity index is 1.85. The van der Waals surface area contributed by atoms with Crippen molar-refractivity contribution in [2.24, 2.45) is 0 Å². The van der Waals surface area contributed by atoms with Crippen LogP contribution in [0, 0.1) is 11.6 Å². The molecule has 0 saturated heterocycles. The van der Waals surface area contributed by atoms with E-state index in [1.165, 1.54) is 6.07 Å². The van der Waals surface area contributed by atoms with Crippen molar-refractivity contribution in [3.05, 3.63) is 65.4 Å². The topological polar surface area (TPSA) is 48.0 Å². The highest BCUT2D eigenvalue weighted by molar-refractivity contribution is 5.85. The van der Waals surface area contributed by atoms with E-state index in [1.54, 1.807) is 6.20 Å². The molecule has 0 bridgehead atoms. The van der Waals surface area contributed by atoms with Gasteiger partial charge in [0.2, 0.25) is 0 Å². The van der Waals surface area contributed by atoms with Crippen LogP contribution >= 0.6 is 0 Å². The molecule has 0 aliphatic carbocycles. The van der Waals surface area contributed by atoms with E-state index in [9.17, 15) is 13.9 Å².